The lowest BCUT2D eigenvalue weighted by atomic mass is 9.92. The number of aromatic hydroxyl groups is 1. The molecule has 19 heavy (non-hydrogen) atoms. The SMILES string of the molecule is Cc1ccc(C(=O)NC(C)C2CCOCC2)cc1O. The van der Waals surface area contributed by atoms with Gasteiger partial charge in [0.1, 0.15) is 5.75 Å². The summed E-state index contributed by atoms with van der Waals surface area (Å²) < 4.78 is 5.32. The number of carbonyl (C=O) groups is 1. The summed E-state index contributed by atoms with van der Waals surface area (Å²) >= 11 is 0. The Morgan fingerprint density at radius 2 is 2.11 bits per heavy atom. The molecular weight excluding hydrogens is 242 g/mol. The first kappa shape index (κ1) is 13.9. The molecule has 4 nitrogen and oxygen atoms in total. The van der Waals surface area contributed by atoms with E-state index in [1.165, 1.54) is 6.07 Å². The summed E-state index contributed by atoms with van der Waals surface area (Å²) in [6, 6.07) is 5.13. The Morgan fingerprint density at radius 3 is 2.74 bits per heavy atom. The number of carbonyl (C=O) groups excluding carboxylic acids is 1. The summed E-state index contributed by atoms with van der Waals surface area (Å²) in [5, 5.41) is 12.6. The highest BCUT2D eigenvalue weighted by atomic mass is 16.5. The van der Waals surface area contributed by atoms with Crippen molar-refractivity contribution in [2.24, 2.45) is 5.92 Å². The van der Waals surface area contributed by atoms with Crippen molar-refractivity contribution in [3.63, 3.8) is 0 Å². The number of benzene rings is 1. The summed E-state index contributed by atoms with van der Waals surface area (Å²) in [4.78, 5) is 12.1. The fraction of sp³-hybridized carbons (Fsp3) is 0.533. The molecule has 2 N–H and O–H groups in total. The van der Waals surface area contributed by atoms with Gasteiger partial charge in [-0.15, -0.1) is 0 Å². The largest absolute Gasteiger partial charge is 0.508 e. The average molecular weight is 263 g/mol. The Bertz CT molecular complexity index is 453. The lowest BCUT2D eigenvalue weighted by Crippen LogP contribution is -2.40. The average Bonchev–Trinajstić information content (AvgIpc) is 2.42. The van der Waals surface area contributed by atoms with Crippen LogP contribution in [0.3, 0.4) is 0 Å². The van der Waals surface area contributed by atoms with Crippen LogP contribution in [0.2, 0.25) is 0 Å². The molecule has 0 aliphatic carbocycles. The van der Waals surface area contributed by atoms with Crippen molar-refractivity contribution in [2.45, 2.75) is 32.7 Å². The number of phenolic OH excluding ortho intramolecular Hbond substituents is 1. The van der Waals surface area contributed by atoms with Gasteiger partial charge in [-0.2, -0.15) is 0 Å². The first-order chi connectivity index (χ1) is 9.08. The van der Waals surface area contributed by atoms with E-state index in [0.29, 0.717) is 11.5 Å². The molecule has 4 heteroatoms. The van der Waals surface area contributed by atoms with E-state index in [4.69, 9.17) is 4.74 Å². The molecule has 0 radical (unpaired) electrons. The van der Waals surface area contributed by atoms with E-state index < -0.39 is 0 Å². The number of rotatable bonds is 3. The zero-order valence-electron chi connectivity index (χ0n) is 11.5. The van der Waals surface area contributed by atoms with Gasteiger partial charge in [-0.3, -0.25) is 4.79 Å². The summed E-state index contributed by atoms with van der Waals surface area (Å²) in [6.45, 7) is 5.38. The van der Waals surface area contributed by atoms with Crippen LogP contribution in [0.5, 0.6) is 5.75 Å². The second-order valence-corrected chi connectivity index (χ2v) is 5.21. The minimum Gasteiger partial charge on any atom is -0.508 e. The van der Waals surface area contributed by atoms with Crippen molar-refractivity contribution in [3.05, 3.63) is 29.3 Å². The van der Waals surface area contributed by atoms with Crippen LogP contribution in [-0.2, 0) is 4.74 Å². The fourth-order valence-corrected chi connectivity index (χ4v) is 2.37. The van der Waals surface area contributed by atoms with Gasteiger partial charge in [0.15, 0.2) is 0 Å². The van der Waals surface area contributed by atoms with Crippen molar-refractivity contribution < 1.29 is 14.6 Å². The Labute approximate surface area is 113 Å². The summed E-state index contributed by atoms with van der Waals surface area (Å²) in [7, 11) is 0. The van der Waals surface area contributed by atoms with E-state index in [-0.39, 0.29) is 17.7 Å². The van der Waals surface area contributed by atoms with Crippen LogP contribution in [-0.4, -0.2) is 30.3 Å². The topological polar surface area (TPSA) is 58.6 Å². The fourth-order valence-electron chi connectivity index (χ4n) is 2.37. The molecule has 1 atom stereocenters. The molecular formula is C15H21NO3. The second-order valence-electron chi connectivity index (χ2n) is 5.21. The van der Waals surface area contributed by atoms with Crippen LogP contribution in [0.25, 0.3) is 0 Å². The second kappa shape index (κ2) is 6.06. The molecule has 0 aromatic heterocycles. The highest BCUT2D eigenvalue weighted by Gasteiger charge is 2.22. The Morgan fingerprint density at radius 1 is 1.42 bits per heavy atom. The number of amides is 1. The van der Waals surface area contributed by atoms with Gasteiger partial charge in [-0.25, -0.2) is 0 Å². The minimum atomic E-state index is -0.130. The number of phenols is 1. The van der Waals surface area contributed by atoms with E-state index >= 15 is 0 Å². The van der Waals surface area contributed by atoms with Gasteiger partial charge in [-0.05, 0) is 50.3 Å². The van der Waals surface area contributed by atoms with E-state index in [1.807, 2.05) is 13.8 Å². The van der Waals surface area contributed by atoms with Crippen LogP contribution in [0.15, 0.2) is 18.2 Å². The highest BCUT2D eigenvalue weighted by molar-refractivity contribution is 5.94. The van der Waals surface area contributed by atoms with Crippen LogP contribution in [0.1, 0.15) is 35.7 Å². The van der Waals surface area contributed by atoms with Gasteiger partial charge in [0, 0.05) is 24.8 Å². The van der Waals surface area contributed by atoms with Crippen LogP contribution in [0.4, 0.5) is 0 Å². The zero-order valence-corrected chi connectivity index (χ0v) is 11.5. The zero-order chi connectivity index (χ0) is 13.8. The number of aryl methyl sites for hydroxylation is 1. The van der Waals surface area contributed by atoms with E-state index in [2.05, 4.69) is 5.32 Å². The third-order valence-electron chi connectivity index (χ3n) is 3.80. The van der Waals surface area contributed by atoms with Crippen LogP contribution >= 0.6 is 0 Å². The quantitative estimate of drug-likeness (QED) is 0.879. The normalized spacial score (nSPS) is 18.0. The van der Waals surface area contributed by atoms with Crippen molar-refractivity contribution >= 4 is 5.91 Å². The smallest absolute Gasteiger partial charge is 0.251 e. The third kappa shape index (κ3) is 3.47. The van der Waals surface area contributed by atoms with E-state index in [1.54, 1.807) is 12.1 Å². The molecule has 1 aliphatic heterocycles. The van der Waals surface area contributed by atoms with Crippen molar-refractivity contribution in [1.29, 1.82) is 0 Å². The van der Waals surface area contributed by atoms with Crippen LogP contribution < -0.4 is 5.32 Å². The standard InChI is InChI=1S/C15H21NO3/c1-10-3-4-13(9-14(10)17)15(18)16-11(2)12-5-7-19-8-6-12/h3-4,9,11-12,17H,5-8H2,1-2H3,(H,16,18). The van der Waals surface area contributed by atoms with Crippen molar-refractivity contribution in [2.75, 3.05) is 13.2 Å². The number of nitrogens with one attached hydrogen (secondary N) is 1. The van der Waals surface area contributed by atoms with Gasteiger partial charge in [0.2, 0.25) is 0 Å². The van der Waals surface area contributed by atoms with Gasteiger partial charge in [0.05, 0.1) is 0 Å². The molecule has 1 aromatic carbocycles. The van der Waals surface area contributed by atoms with Gasteiger partial charge < -0.3 is 15.2 Å². The van der Waals surface area contributed by atoms with Gasteiger partial charge in [0.25, 0.3) is 5.91 Å². The molecule has 0 saturated carbocycles. The maximum Gasteiger partial charge on any atom is 0.251 e. The summed E-state index contributed by atoms with van der Waals surface area (Å²) in [5.74, 6) is 0.498. The highest BCUT2D eigenvalue weighted by Crippen LogP contribution is 2.20. The molecule has 1 aromatic rings. The lowest BCUT2D eigenvalue weighted by molar-refractivity contribution is 0.0538. The molecule has 1 saturated heterocycles. The van der Waals surface area contributed by atoms with Crippen LogP contribution in [0, 0.1) is 12.8 Å². The van der Waals surface area contributed by atoms with Crippen molar-refractivity contribution in [1.82, 2.24) is 5.32 Å². The molecule has 1 unspecified atom stereocenters. The predicted octanol–water partition coefficient (Wildman–Crippen LogP) is 2.25. The maximum absolute atomic E-state index is 12.1. The predicted molar refractivity (Wildman–Crippen MR) is 73.3 cm³/mol. The minimum absolute atomic E-state index is 0.125. The molecule has 1 fully saturated rings. The third-order valence-corrected chi connectivity index (χ3v) is 3.80. The maximum atomic E-state index is 12.1. The van der Waals surface area contributed by atoms with E-state index in [0.717, 1.165) is 31.6 Å². The Kier molecular flexibility index (Phi) is 4.43. The molecule has 0 spiro atoms. The monoisotopic (exact) mass is 263 g/mol. The molecule has 2 rings (SSSR count). The first-order valence-electron chi connectivity index (χ1n) is 6.76. The molecule has 1 aliphatic rings. The van der Waals surface area contributed by atoms with E-state index in [9.17, 15) is 9.90 Å². The first-order valence-corrected chi connectivity index (χ1v) is 6.76. The van der Waals surface area contributed by atoms with Gasteiger partial charge >= 0.3 is 0 Å². The Hall–Kier alpha value is -1.55. The molecule has 1 amide bonds. The molecule has 1 heterocycles. The number of hydrogen-bond acceptors (Lipinski definition) is 3. The summed E-state index contributed by atoms with van der Waals surface area (Å²) in [6.07, 6.45) is 1.97. The molecule has 0 bridgehead atoms. The van der Waals surface area contributed by atoms with Gasteiger partial charge in [-0.1, -0.05) is 6.07 Å². The lowest BCUT2D eigenvalue weighted by Gasteiger charge is -2.28. The number of hydrogen-bond donors (Lipinski definition) is 2. The molecule has 104 valence electrons. The number of ether oxygens (including phenoxy) is 1. The Balaban J connectivity index is 1.97. The van der Waals surface area contributed by atoms with Crippen molar-refractivity contribution in [3.8, 4) is 5.75 Å². The summed E-state index contributed by atoms with van der Waals surface area (Å²) in [5.41, 5.74) is 1.27.